The molecular formula is C23H25N3O2S. The number of hydrogen-bond donors (Lipinski definition) is 1. The molecule has 0 radical (unpaired) electrons. The Morgan fingerprint density at radius 2 is 1.86 bits per heavy atom. The van der Waals surface area contributed by atoms with Gasteiger partial charge < -0.3 is 10.1 Å². The van der Waals surface area contributed by atoms with Gasteiger partial charge in [0.2, 0.25) is 5.91 Å². The molecule has 1 fully saturated rings. The summed E-state index contributed by atoms with van der Waals surface area (Å²) in [7, 11) is 3.66. The highest BCUT2D eigenvalue weighted by molar-refractivity contribution is 7.99. The molecule has 1 aliphatic rings. The molecule has 1 saturated heterocycles. The first kappa shape index (κ1) is 19.7. The monoisotopic (exact) mass is 407 g/mol. The molecule has 29 heavy (non-hydrogen) atoms. The Balaban J connectivity index is 1.57. The van der Waals surface area contributed by atoms with Crippen LogP contribution in [0.15, 0.2) is 70.6 Å². The minimum absolute atomic E-state index is 0.0727. The van der Waals surface area contributed by atoms with Crippen molar-refractivity contribution in [2.75, 3.05) is 20.3 Å². The molecule has 2 heterocycles. The van der Waals surface area contributed by atoms with Gasteiger partial charge in [-0.15, -0.1) is 0 Å². The van der Waals surface area contributed by atoms with Gasteiger partial charge in [-0.2, -0.15) is 5.10 Å². The Kier molecular flexibility index (Phi) is 5.74. The summed E-state index contributed by atoms with van der Waals surface area (Å²) in [5.74, 6) is 0.0727. The number of rotatable bonds is 5. The highest BCUT2D eigenvalue weighted by Crippen LogP contribution is 2.38. The van der Waals surface area contributed by atoms with E-state index in [1.54, 1.807) is 18.8 Å². The van der Waals surface area contributed by atoms with Crippen molar-refractivity contribution < 1.29 is 9.53 Å². The molecule has 2 aromatic carbocycles. The molecule has 5 nitrogen and oxygen atoms in total. The Morgan fingerprint density at radius 1 is 1.10 bits per heavy atom. The van der Waals surface area contributed by atoms with Crippen molar-refractivity contribution in [2.24, 2.45) is 7.05 Å². The van der Waals surface area contributed by atoms with E-state index in [2.05, 4.69) is 52.9 Å². The summed E-state index contributed by atoms with van der Waals surface area (Å²) in [4.78, 5) is 15.0. The van der Waals surface area contributed by atoms with E-state index in [4.69, 9.17) is 4.74 Å². The number of benzene rings is 2. The zero-order valence-corrected chi connectivity index (χ0v) is 17.5. The lowest BCUT2D eigenvalue weighted by Gasteiger charge is -2.36. The maximum atomic E-state index is 12.8. The first-order chi connectivity index (χ1) is 14.1. The number of carbonyl (C=O) groups excluding carboxylic acids is 1. The van der Waals surface area contributed by atoms with Crippen LogP contribution in [-0.4, -0.2) is 35.9 Å². The fraction of sp³-hybridized carbons (Fsp3) is 0.304. The van der Waals surface area contributed by atoms with Gasteiger partial charge in [0.1, 0.15) is 0 Å². The second-order valence-electron chi connectivity index (χ2n) is 7.27. The minimum Gasteiger partial charge on any atom is -0.381 e. The Bertz CT molecular complexity index is 991. The van der Waals surface area contributed by atoms with Gasteiger partial charge in [-0.1, -0.05) is 36.0 Å². The summed E-state index contributed by atoms with van der Waals surface area (Å²) in [5, 5.41) is 7.09. The van der Waals surface area contributed by atoms with Crippen LogP contribution in [0.3, 0.4) is 0 Å². The lowest BCUT2D eigenvalue weighted by Crippen LogP contribution is -2.46. The summed E-state index contributed by atoms with van der Waals surface area (Å²) in [6.45, 7) is 1.22. The normalized spacial score (nSPS) is 15.8. The van der Waals surface area contributed by atoms with E-state index >= 15 is 0 Å². The molecular weight excluding hydrogens is 382 g/mol. The van der Waals surface area contributed by atoms with Crippen LogP contribution in [0.5, 0.6) is 0 Å². The van der Waals surface area contributed by atoms with E-state index in [1.165, 1.54) is 0 Å². The van der Waals surface area contributed by atoms with E-state index in [-0.39, 0.29) is 5.91 Å². The Morgan fingerprint density at radius 3 is 2.52 bits per heavy atom. The van der Waals surface area contributed by atoms with Gasteiger partial charge >= 0.3 is 0 Å². The van der Waals surface area contributed by atoms with Gasteiger partial charge in [0.25, 0.3) is 0 Å². The third-order valence-corrected chi connectivity index (χ3v) is 6.60. The second-order valence-corrected chi connectivity index (χ2v) is 8.41. The van der Waals surface area contributed by atoms with E-state index in [0.29, 0.717) is 26.1 Å². The number of ether oxygens (including phenoxy) is 1. The van der Waals surface area contributed by atoms with Crippen LogP contribution in [0.1, 0.15) is 18.4 Å². The van der Waals surface area contributed by atoms with Crippen LogP contribution < -0.4 is 5.32 Å². The van der Waals surface area contributed by atoms with Crippen LogP contribution in [0.2, 0.25) is 0 Å². The van der Waals surface area contributed by atoms with Crippen LogP contribution in [0.4, 0.5) is 0 Å². The standard InChI is InChI=1S/C23H25N3O2S/c1-24-22(27)23(11-14-28-15-12-23)18-4-3-5-20(16-18)29-19-8-6-17(7-9-19)21-10-13-25-26(21)2/h3-10,13,16H,11-12,14-15H2,1-2H3,(H,24,27). The molecule has 0 bridgehead atoms. The van der Waals surface area contributed by atoms with Gasteiger partial charge in [0.05, 0.1) is 11.1 Å². The SMILES string of the molecule is CNC(=O)C1(c2cccc(Sc3ccc(-c4ccnn4C)cc3)c2)CCOCC1. The number of aromatic nitrogens is 2. The highest BCUT2D eigenvalue weighted by Gasteiger charge is 2.41. The fourth-order valence-corrected chi connectivity index (χ4v) is 4.83. The third kappa shape index (κ3) is 3.95. The molecule has 1 amide bonds. The van der Waals surface area contributed by atoms with E-state index in [1.807, 2.05) is 30.1 Å². The zero-order valence-electron chi connectivity index (χ0n) is 16.7. The van der Waals surface area contributed by atoms with Crippen LogP contribution >= 0.6 is 11.8 Å². The van der Waals surface area contributed by atoms with Crippen LogP contribution in [0.25, 0.3) is 11.3 Å². The Labute approximate surface area is 175 Å². The molecule has 0 unspecified atom stereocenters. The van der Waals surface area contributed by atoms with Crippen LogP contribution in [0, 0.1) is 0 Å². The zero-order chi connectivity index (χ0) is 20.3. The molecule has 3 aromatic rings. The van der Waals surface area contributed by atoms with Gasteiger partial charge in [-0.3, -0.25) is 9.48 Å². The Hall–Kier alpha value is -2.57. The molecule has 6 heteroatoms. The van der Waals surface area contributed by atoms with Gasteiger partial charge in [0, 0.05) is 43.3 Å². The fourth-order valence-electron chi connectivity index (χ4n) is 3.95. The van der Waals surface area contributed by atoms with Crippen LogP contribution in [-0.2, 0) is 22.0 Å². The van der Waals surface area contributed by atoms with E-state index in [0.717, 1.165) is 26.6 Å². The largest absolute Gasteiger partial charge is 0.381 e. The number of carbonyl (C=O) groups is 1. The topological polar surface area (TPSA) is 56.2 Å². The number of aryl methyl sites for hydroxylation is 1. The van der Waals surface area contributed by atoms with Gasteiger partial charge in [-0.25, -0.2) is 0 Å². The van der Waals surface area contributed by atoms with E-state index in [9.17, 15) is 4.79 Å². The van der Waals surface area contributed by atoms with Crippen molar-refractivity contribution in [3.63, 3.8) is 0 Å². The molecule has 0 spiro atoms. The lowest BCUT2D eigenvalue weighted by molar-refractivity contribution is -0.129. The average Bonchev–Trinajstić information content (AvgIpc) is 3.20. The quantitative estimate of drug-likeness (QED) is 0.694. The van der Waals surface area contributed by atoms with Gasteiger partial charge in [0.15, 0.2) is 0 Å². The third-order valence-electron chi connectivity index (χ3n) is 5.60. The number of amides is 1. The molecule has 4 rings (SSSR count). The first-order valence-corrected chi connectivity index (χ1v) is 10.6. The maximum absolute atomic E-state index is 12.8. The van der Waals surface area contributed by atoms with Crippen molar-refractivity contribution in [2.45, 2.75) is 28.0 Å². The predicted molar refractivity (Wildman–Crippen MR) is 115 cm³/mol. The molecule has 0 aliphatic carbocycles. The number of nitrogens with zero attached hydrogens (tertiary/aromatic N) is 2. The number of likely N-dealkylation sites (N-methyl/N-ethyl adjacent to an activating group) is 1. The molecule has 1 aromatic heterocycles. The summed E-state index contributed by atoms with van der Waals surface area (Å²) < 4.78 is 7.40. The van der Waals surface area contributed by atoms with E-state index < -0.39 is 5.41 Å². The molecule has 1 aliphatic heterocycles. The maximum Gasteiger partial charge on any atom is 0.230 e. The molecule has 150 valence electrons. The minimum atomic E-state index is -0.507. The summed E-state index contributed by atoms with van der Waals surface area (Å²) in [6.07, 6.45) is 3.22. The van der Waals surface area contributed by atoms with Crippen molar-refractivity contribution in [1.29, 1.82) is 0 Å². The molecule has 0 saturated carbocycles. The summed E-state index contributed by atoms with van der Waals surface area (Å²) in [6, 6.07) is 18.9. The smallest absolute Gasteiger partial charge is 0.230 e. The first-order valence-electron chi connectivity index (χ1n) is 9.79. The number of hydrogen-bond acceptors (Lipinski definition) is 4. The predicted octanol–water partition coefficient (Wildman–Crippen LogP) is 4.03. The average molecular weight is 408 g/mol. The van der Waals surface area contributed by atoms with Crippen molar-refractivity contribution >= 4 is 17.7 Å². The summed E-state index contributed by atoms with van der Waals surface area (Å²) in [5.41, 5.74) is 2.79. The van der Waals surface area contributed by atoms with Gasteiger partial charge in [-0.05, 0) is 54.3 Å². The highest BCUT2D eigenvalue weighted by atomic mass is 32.2. The number of nitrogens with one attached hydrogen (secondary N) is 1. The summed E-state index contributed by atoms with van der Waals surface area (Å²) >= 11 is 1.71. The van der Waals surface area contributed by atoms with Crippen molar-refractivity contribution in [3.05, 3.63) is 66.4 Å². The molecule has 0 atom stereocenters. The molecule has 1 N–H and O–H groups in total. The van der Waals surface area contributed by atoms with Crippen molar-refractivity contribution in [1.82, 2.24) is 15.1 Å². The lowest BCUT2D eigenvalue weighted by atomic mass is 9.73. The van der Waals surface area contributed by atoms with Crippen molar-refractivity contribution in [3.8, 4) is 11.3 Å². The second kappa shape index (κ2) is 8.43.